The van der Waals surface area contributed by atoms with Crippen molar-refractivity contribution < 1.29 is 13.2 Å². The van der Waals surface area contributed by atoms with Crippen molar-refractivity contribution in [1.29, 1.82) is 0 Å². The van der Waals surface area contributed by atoms with Crippen LogP contribution in [0.25, 0.3) is 0 Å². The number of amides is 1. The summed E-state index contributed by atoms with van der Waals surface area (Å²) in [6.45, 7) is 5.52. The first-order chi connectivity index (χ1) is 10.3. The Morgan fingerprint density at radius 2 is 1.91 bits per heavy atom. The molecule has 1 amide bonds. The molecule has 1 N–H and O–H groups in total. The van der Waals surface area contributed by atoms with Gasteiger partial charge in [-0.3, -0.25) is 4.79 Å². The van der Waals surface area contributed by atoms with Gasteiger partial charge in [-0.05, 0) is 45.0 Å². The van der Waals surface area contributed by atoms with E-state index in [2.05, 4.69) is 10.3 Å². The molecule has 0 spiro atoms. The lowest BCUT2D eigenvalue weighted by Crippen LogP contribution is -2.23. The van der Waals surface area contributed by atoms with Crippen LogP contribution in [-0.2, 0) is 16.4 Å². The van der Waals surface area contributed by atoms with E-state index in [-0.39, 0.29) is 10.8 Å². The summed E-state index contributed by atoms with van der Waals surface area (Å²) in [6, 6.07) is 5.99. The van der Waals surface area contributed by atoms with E-state index >= 15 is 0 Å². The van der Waals surface area contributed by atoms with E-state index in [0.717, 1.165) is 10.7 Å². The first-order valence-corrected chi connectivity index (χ1v) is 9.26. The number of carbonyl (C=O) groups excluding carboxylic acids is 1. The number of benzene rings is 1. The van der Waals surface area contributed by atoms with Crippen LogP contribution in [0.4, 0.5) is 0 Å². The fourth-order valence-electron chi connectivity index (χ4n) is 1.81. The number of carbonyl (C=O) groups is 1. The lowest BCUT2D eigenvalue weighted by atomic mass is 10.2. The van der Waals surface area contributed by atoms with Crippen LogP contribution in [0.3, 0.4) is 0 Å². The zero-order valence-corrected chi connectivity index (χ0v) is 14.3. The van der Waals surface area contributed by atoms with Gasteiger partial charge < -0.3 is 5.32 Å². The lowest BCUT2D eigenvalue weighted by Gasteiger charge is -2.08. The highest BCUT2D eigenvalue weighted by Gasteiger charge is 2.19. The summed E-state index contributed by atoms with van der Waals surface area (Å²) in [5, 5.41) is 5.04. The minimum atomic E-state index is -3.31. The van der Waals surface area contributed by atoms with Crippen LogP contribution in [0.1, 0.15) is 34.9 Å². The zero-order chi connectivity index (χ0) is 16.3. The third kappa shape index (κ3) is 3.72. The van der Waals surface area contributed by atoms with Crippen molar-refractivity contribution in [3.63, 3.8) is 0 Å². The van der Waals surface area contributed by atoms with E-state index in [0.29, 0.717) is 12.1 Å². The van der Waals surface area contributed by atoms with Crippen molar-refractivity contribution in [3.05, 3.63) is 45.9 Å². The second-order valence-corrected chi connectivity index (χ2v) is 8.63. The Kier molecular flexibility index (Phi) is 4.97. The number of nitrogens with one attached hydrogen (secondary N) is 1. The van der Waals surface area contributed by atoms with Gasteiger partial charge in [-0.2, -0.15) is 0 Å². The largest absolute Gasteiger partial charge is 0.346 e. The summed E-state index contributed by atoms with van der Waals surface area (Å²) in [5.74, 6) is -0.249. The van der Waals surface area contributed by atoms with Gasteiger partial charge in [0, 0.05) is 16.6 Å². The molecule has 0 aliphatic heterocycles. The molecule has 0 saturated heterocycles. The Hall–Kier alpha value is -1.73. The van der Waals surface area contributed by atoms with Crippen LogP contribution in [0.15, 0.2) is 34.5 Å². The third-order valence-corrected chi connectivity index (χ3v) is 6.27. The molecule has 5 nitrogen and oxygen atoms in total. The van der Waals surface area contributed by atoms with E-state index in [9.17, 15) is 13.2 Å². The monoisotopic (exact) mass is 338 g/mol. The molecule has 0 atom stereocenters. The smallest absolute Gasteiger partial charge is 0.251 e. The molecule has 0 aliphatic carbocycles. The number of aromatic nitrogens is 1. The predicted octanol–water partition coefficient (Wildman–Crippen LogP) is 2.56. The van der Waals surface area contributed by atoms with Gasteiger partial charge in [-0.15, -0.1) is 11.3 Å². The molecule has 22 heavy (non-hydrogen) atoms. The van der Waals surface area contributed by atoms with Crippen molar-refractivity contribution in [2.75, 3.05) is 0 Å². The highest BCUT2D eigenvalue weighted by Crippen LogP contribution is 2.16. The zero-order valence-electron chi connectivity index (χ0n) is 12.7. The van der Waals surface area contributed by atoms with Crippen LogP contribution in [-0.4, -0.2) is 24.6 Å². The van der Waals surface area contributed by atoms with Crippen molar-refractivity contribution in [1.82, 2.24) is 10.3 Å². The number of rotatable bonds is 5. The number of sulfone groups is 1. The summed E-state index contributed by atoms with van der Waals surface area (Å²) in [4.78, 5) is 16.5. The molecule has 0 saturated carbocycles. The average Bonchev–Trinajstić information content (AvgIpc) is 2.90. The fourth-order valence-corrected chi connectivity index (χ4v) is 3.58. The maximum Gasteiger partial charge on any atom is 0.251 e. The van der Waals surface area contributed by atoms with Gasteiger partial charge in [0.25, 0.3) is 5.91 Å². The van der Waals surface area contributed by atoms with Crippen LogP contribution in [0.2, 0.25) is 0 Å². The molecule has 0 bridgehead atoms. The van der Waals surface area contributed by atoms with E-state index in [4.69, 9.17) is 0 Å². The number of thiazole rings is 1. The maximum atomic E-state index is 12.0. The Bertz CT molecular complexity index is 762. The molecular formula is C15H18N2O3S2. The lowest BCUT2D eigenvalue weighted by molar-refractivity contribution is 0.0950. The van der Waals surface area contributed by atoms with E-state index in [1.165, 1.54) is 35.6 Å². The van der Waals surface area contributed by atoms with Gasteiger partial charge in [-0.25, -0.2) is 13.4 Å². The van der Waals surface area contributed by atoms with Crippen molar-refractivity contribution >= 4 is 27.1 Å². The Morgan fingerprint density at radius 3 is 2.41 bits per heavy atom. The normalized spacial score (nSPS) is 11.6. The molecule has 2 aromatic rings. The highest BCUT2D eigenvalue weighted by molar-refractivity contribution is 7.92. The Labute approximate surface area is 134 Å². The number of hydrogen-bond donors (Lipinski definition) is 1. The molecule has 1 aromatic heterocycles. The van der Waals surface area contributed by atoms with Gasteiger partial charge >= 0.3 is 0 Å². The molecule has 0 fully saturated rings. The average molecular weight is 338 g/mol. The first-order valence-electron chi connectivity index (χ1n) is 6.84. The van der Waals surface area contributed by atoms with Gasteiger partial charge in [0.2, 0.25) is 0 Å². The van der Waals surface area contributed by atoms with E-state index < -0.39 is 15.1 Å². The minimum absolute atomic E-state index is 0.231. The second-order valence-electron chi connectivity index (χ2n) is 5.18. The predicted molar refractivity (Wildman–Crippen MR) is 86.8 cm³/mol. The SMILES string of the molecule is Cc1csc(CNC(=O)c2ccc(S(=O)(=O)C(C)C)cc2)n1. The van der Waals surface area contributed by atoms with E-state index in [1.54, 1.807) is 13.8 Å². The van der Waals surface area contributed by atoms with Gasteiger partial charge in [0.05, 0.1) is 16.7 Å². The summed E-state index contributed by atoms with van der Waals surface area (Å²) in [5.41, 5.74) is 1.36. The molecule has 0 aliphatic rings. The first kappa shape index (κ1) is 16.6. The third-order valence-electron chi connectivity index (χ3n) is 3.13. The van der Waals surface area contributed by atoms with Crippen LogP contribution in [0, 0.1) is 6.92 Å². The van der Waals surface area contributed by atoms with Gasteiger partial charge in [0.15, 0.2) is 9.84 Å². The van der Waals surface area contributed by atoms with Crippen LogP contribution in [0.5, 0.6) is 0 Å². The molecule has 0 unspecified atom stereocenters. The molecule has 2 rings (SSSR count). The molecule has 7 heteroatoms. The summed E-state index contributed by atoms with van der Waals surface area (Å²) in [7, 11) is -3.31. The Morgan fingerprint density at radius 1 is 1.27 bits per heavy atom. The summed E-state index contributed by atoms with van der Waals surface area (Å²) >= 11 is 1.49. The number of hydrogen-bond acceptors (Lipinski definition) is 5. The minimum Gasteiger partial charge on any atom is -0.346 e. The maximum absolute atomic E-state index is 12.0. The topological polar surface area (TPSA) is 76.1 Å². The van der Waals surface area contributed by atoms with Crippen molar-refractivity contribution in [3.8, 4) is 0 Å². The van der Waals surface area contributed by atoms with Gasteiger partial charge in [-0.1, -0.05) is 0 Å². The summed E-state index contributed by atoms with van der Waals surface area (Å²) in [6.07, 6.45) is 0. The van der Waals surface area contributed by atoms with Crippen molar-refractivity contribution in [2.45, 2.75) is 37.5 Å². The molecule has 1 heterocycles. The standard InChI is InChI=1S/C15H18N2O3S2/c1-10(2)22(19,20)13-6-4-12(5-7-13)15(18)16-8-14-17-11(3)9-21-14/h4-7,9-10H,8H2,1-3H3,(H,16,18). The molecule has 0 radical (unpaired) electrons. The van der Waals surface area contributed by atoms with E-state index in [1.807, 2.05) is 12.3 Å². The van der Waals surface area contributed by atoms with Crippen LogP contribution < -0.4 is 5.32 Å². The quantitative estimate of drug-likeness (QED) is 0.909. The van der Waals surface area contributed by atoms with Crippen molar-refractivity contribution in [2.24, 2.45) is 0 Å². The Balaban J connectivity index is 2.05. The second kappa shape index (κ2) is 6.58. The number of aryl methyl sites for hydroxylation is 1. The molecule has 1 aromatic carbocycles. The summed E-state index contributed by atoms with van der Waals surface area (Å²) < 4.78 is 24.0. The van der Waals surface area contributed by atoms with Crippen LogP contribution >= 0.6 is 11.3 Å². The molecular weight excluding hydrogens is 320 g/mol. The highest BCUT2D eigenvalue weighted by atomic mass is 32.2. The van der Waals surface area contributed by atoms with Gasteiger partial charge in [0.1, 0.15) is 5.01 Å². The molecule has 118 valence electrons. The fraction of sp³-hybridized carbons (Fsp3) is 0.333. The number of nitrogens with zero attached hydrogens (tertiary/aromatic N) is 1.